The van der Waals surface area contributed by atoms with Gasteiger partial charge in [-0.05, 0) is 18.6 Å². The maximum Gasteiger partial charge on any atom is 0.273 e. The van der Waals surface area contributed by atoms with Crippen LogP contribution in [-0.2, 0) is 6.54 Å². The number of benzene rings is 1. The van der Waals surface area contributed by atoms with Gasteiger partial charge < -0.3 is 10.4 Å². The summed E-state index contributed by atoms with van der Waals surface area (Å²) < 4.78 is 0.824. The molecule has 0 aliphatic heterocycles. The molecule has 0 unspecified atom stereocenters. The molecule has 0 aromatic heterocycles. The molecular weight excluding hydrogens is 312 g/mol. The number of hydrogen-bond donors (Lipinski definition) is 2. The molecule has 1 aliphatic rings. The standard InChI is InChI=1S/C13H15BrN2O3/c14-11-2-4-13(16(18)19)10(6-11)7-15-12-3-1-9(5-12)8-17/h1-4,6,9,12,15,17H,5,7-8H2/t9-,12+/m0/s1. The SMILES string of the molecule is O=[N+]([O-])c1ccc(Br)cc1CN[C@@H]1C=C[C@H](CO)C1. The molecule has 6 heteroatoms. The summed E-state index contributed by atoms with van der Waals surface area (Å²) in [5.41, 5.74) is 0.775. The highest BCUT2D eigenvalue weighted by Crippen LogP contribution is 2.24. The largest absolute Gasteiger partial charge is 0.396 e. The zero-order valence-corrected chi connectivity index (χ0v) is 11.8. The van der Waals surface area contributed by atoms with E-state index >= 15 is 0 Å². The molecule has 0 radical (unpaired) electrons. The molecule has 102 valence electrons. The number of aliphatic hydroxyl groups excluding tert-OH is 1. The van der Waals surface area contributed by atoms with Crippen molar-refractivity contribution in [3.8, 4) is 0 Å². The zero-order valence-electron chi connectivity index (χ0n) is 10.3. The summed E-state index contributed by atoms with van der Waals surface area (Å²) in [5.74, 6) is 0.190. The molecule has 0 saturated carbocycles. The Morgan fingerprint density at radius 3 is 2.89 bits per heavy atom. The van der Waals surface area contributed by atoms with E-state index < -0.39 is 0 Å². The quantitative estimate of drug-likeness (QED) is 0.495. The molecular formula is C13H15BrN2O3. The maximum absolute atomic E-state index is 10.9. The summed E-state index contributed by atoms with van der Waals surface area (Å²) in [6.07, 6.45) is 4.82. The van der Waals surface area contributed by atoms with Crippen LogP contribution in [-0.4, -0.2) is 22.7 Å². The topological polar surface area (TPSA) is 75.4 Å². The van der Waals surface area contributed by atoms with Crippen LogP contribution < -0.4 is 5.32 Å². The maximum atomic E-state index is 10.9. The summed E-state index contributed by atoms with van der Waals surface area (Å²) in [6, 6.07) is 5.09. The fraction of sp³-hybridized carbons (Fsp3) is 0.385. The first-order valence-electron chi connectivity index (χ1n) is 6.05. The fourth-order valence-electron chi connectivity index (χ4n) is 2.18. The molecule has 2 rings (SSSR count). The van der Waals surface area contributed by atoms with Gasteiger partial charge in [-0.2, -0.15) is 0 Å². The van der Waals surface area contributed by atoms with Crippen LogP contribution in [0.1, 0.15) is 12.0 Å². The number of aliphatic hydroxyl groups is 1. The number of rotatable bonds is 5. The van der Waals surface area contributed by atoms with Crippen LogP contribution in [0, 0.1) is 16.0 Å². The molecule has 1 aromatic rings. The van der Waals surface area contributed by atoms with E-state index in [0.29, 0.717) is 12.1 Å². The normalized spacial score (nSPS) is 21.8. The summed E-state index contributed by atoms with van der Waals surface area (Å²) in [5, 5.41) is 23.3. The summed E-state index contributed by atoms with van der Waals surface area (Å²) in [7, 11) is 0. The summed E-state index contributed by atoms with van der Waals surface area (Å²) >= 11 is 3.32. The van der Waals surface area contributed by atoms with Crippen molar-refractivity contribution in [3.05, 3.63) is 50.5 Å². The Morgan fingerprint density at radius 1 is 1.47 bits per heavy atom. The van der Waals surface area contributed by atoms with Crippen molar-refractivity contribution >= 4 is 21.6 Å². The van der Waals surface area contributed by atoms with E-state index in [1.807, 2.05) is 12.2 Å². The zero-order chi connectivity index (χ0) is 13.8. The molecule has 0 bridgehead atoms. The first-order chi connectivity index (χ1) is 9.10. The third kappa shape index (κ3) is 3.62. The highest BCUT2D eigenvalue weighted by molar-refractivity contribution is 9.10. The molecule has 1 aliphatic carbocycles. The van der Waals surface area contributed by atoms with Crippen molar-refractivity contribution in [3.63, 3.8) is 0 Å². The lowest BCUT2D eigenvalue weighted by atomic mass is 10.1. The number of nitro benzene ring substituents is 1. The smallest absolute Gasteiger partial charge is 0.273 e. The Balaban J connectivity index is 2.01. The molecule has 19 heavy (non-hydrogen) atoms. The molecule has 0 spiro atoms. The van der Waals surface area contributed by atoms with Gasteiger partial charge in [0.15, 0.2) is 0 Å². The van der Waals surface area contributed by atoms with Gasteiger partial charge in [0.25, 0.3) is 5.69 Å². The second-order valence-electron chi connectivity index (χ2n) is 4.58. The average molecular weight is 327 g/mol. The second kappa shape index (κ2) is 6.27. The molecule has 2 atom stereocenters. The minimum Gasteiger partial charge on any atom is -0.396 e. The third-order valence-electron chi connectivity index (χ3n) is 3.20. The number of nitrogens with one attached hydrogen (secondary N) is 1. The number of halogens is 1. The number of hydrogen-bond acceptors (Lipinski definition) is 4. The van der Waals surface area contributed by atoms with Gasteiger partial charge in [-0.1, -0.05) is 28.1 Å². The lowest BCUT2D eigenvalue weighted by Crippen LogP contribution is -2.26. The highest BCUT2D eigenvalue weighted by Gasteiger charge is 2.19. The predicted molar refractivity (Wildman–Crippen MR) is 75.8 cm³/mol. The van der Waals surface area contributed by atoms with Crippen molar-refractivity contribution < 1.29 is 10.0 Å². The van der Waals surface area contributed by atoms with Crippen molar-refractivity contribution in [2.24, 2.45) is 5.92 Å². The second-order valence-corrected chi connectivity index (χ2v) is 5.50. The lowest BCUT2D eigenvalue weighted by Gasteiger charge is -2.13. The Kier molecular flexibility index (Phi) is 4.68. The van der Waals surface area contributed by atoms with Crippen LogP contribution >= 0.6 is 15.9 Å². The van der Waals surface area contributed by atoms with E-state index in [0.717, 1.165) is 10.9 Å². The first-order valence-corrected chi connectivity index (χ1v) is 6.85. The van der Waals surface area contributed by atoms with Gasteiger partial charge >= 0.3 is 0 Å². The Labute approximate surface area is 119 Å². The van der Waals surface area contributed by atoms with Crippen molar-refractivity contribution in [2.45, 2.75) is 19.0 Å². The van der Waals surface area contributed by atoms with Crippen LogP contribution in [0.15, 0.2) is 34.8 Å². The minimum absolute atomic E-state index is 0.122. The van der Waals surface area contributed by atoms with Crippen molar-refractivity contribution in [1.29, 1.82) is 0 Å². The van der Waals surface area contributed by atoms with Gasteiger partial charge in [0, 0.05) is 41.2 Å². The van der Waals surface area contributed by atoms with E-state index in [2.05, 4.69) is 21.2 Å². The van der Waals surface area contributed by atoms with Gasteiger partial charge in [-0.15, -0.1) is 0 Å². The lowest BCUT2D eigenvalue weighted by molar-refractivity contribution is -0.385. The molecule has 0 heterocycles. The van der Waals surface area contributed by atoms with Crippen molar-refractivity contribution in [1.82, 2.24) is 5.32 Å². The van der Waals surface area contributed by atoms with Gasteiger partial charge in [-0.3, -0.25) is 10.1 Å². The fourth-order valence-corrected chi connectivity index (χ4v) is 2.58. The molecule has 0 fully saturated rings. The average Bonchev–Trinajstić information content (AvgIpc) is 2.84. The highest BCUT2D eigenvalue weighted by atomic mass is 79.9. The Bertz CT molecular complexity index is 505. The van der Waals surface area contributed by atoms with Gasteiger partial charge in [0.1, 0.15) is 0 Å². The summed E-state index contributed by atoms with van der Waals surface area (Å²) in [6.45, 7) is 0.578. The van der Waals surface area contributed by atoms with E-state index in [1.54, 1.807) is 12.1 Å². The number of nitro groups is 1. The van der Waals surface area contributed by atoms with Crippen LogP contribution in [0.25, 0.3) is 0 Å². The summed E-state index contributed by atoms with van der Waals surface area (Å²) in [4.78, 5) is 10.6. The van der Waals surface area contributed by atoms with E-state index in [4.69, 9.17) is 5.11 Å². The van der Waals surface area contributed by atoms with E-state index in [-0.39, 0.29) is 29.2 Å². The predicted octanol–water partition coefficient (Wildman–Crippen LogP) is 2.38. The molecule has 1 aromatic carbocycles. The Morgan fingerprint density at radius 2 is 2.26 bits per heavy atom. The van der Waals surface area contributed by atoms with Crippen LogP contribution in [0.2, 0.25) is 0 Å². The van der Waals surface area contributed by atoms with Crippen LogP contribution in [0.5, 0.6) is 0 Å². The van der Waals surface area contributed by atoms with E-state index in [9.17, 15) is 10.1 Å². The van der Waals surface area contributed by atoms with Gasteiger partial charge in [0.05, 0.1) is 4.92 Å². The molecule has 2 N–H and O–H groups in total. The number of nitrogens with zero attached hydrogens (tertiary/aromatic N) is 1. The monoisotopic (exact) mass is 326 g/mol. The van der Waals surface area contributed by atoms with Crippen molar-refractivity contribution in [2.75, 3.05) is 6.61 Å². The van der Waals surface area contributed by atoms with Crippen LogP contribution in [0.4, 0.5) is 5.69 Å². The third-order valence-corrected chi connectivity index (χ3v) is 3.69. The van der Waals surface area contributed by atoms with E-state index in [1.165, 1.54) is 6.07 Å². The Hall–Kier alpha value is -1.24. The van der Waals surface area contributed by atoms with Crippen LogP contribution in [0.3, 0.4) is 0 Å². The van der Waals surface area contributed by atoms with Gasteiger partial charge in [-0.25, -0.2) is 0 Å². The van der Waals surface area contributed by atoms with Gasteiger partial charge in [0.2, 0.25) is 0 Å². The first kappa shape index (κ1) is 14.2. The molecule has 5 nitrogen and oxygen atoms in total. The molecule has 0 amide bonds. The molecule has 0 saturated heterocycles. The minimum atomic E-state index is -0.371.